The summed E-state index contributed by atoms with van der Waals surface area (Å²) in [4.78, 5) is 17.4. The van der Waals surface area contributed by atoms with Crippen LogP contribution >= 0.6 is 11.3 Å². The van der Waals surface area contributed by atoms with Crippen LogP contribution in [0.5, 0.6) is 0 Å². The van der Waals surface area contributed by atoms with Crippen LogP contribution in [0.3, 0.4) is 0 Å². The van der Waals surface area contributed by atoms with E-state index in [0.717, 1.165) is 30.8 Å². The van der Waals surface area contributed by atoms with Gasteiger partial charge in [-0.3, -0.25) is 4.79 Å². The second-order valence-corrected chi connectivity index (χ2v) is 5.78. The van der Waals surface area contributed by atoms with Gasteiger partial charge in [0.1, 0.15) is 0 Å². The van der Waals surface area contributed by atoms with E-state index in [1.165, 1.54) is 11.3 Å². The summed E-state index contributed by atoms with van der Waals surface area (Å²) in [7, 11) is 0. The highest BCUT2D eigenvalue weighted by molar-refractivity contribution is 7.15. The van der Waals surface area contributed by atoms with Crippen LogP contribution in [-0.4, -0.2) is 24.0 Å². The highest BCUT2D eigenvalue weighted by atomic mass is 32.1. The molecule has 1 aliphatic heterocycles. The Hall–Kier alpha value is -0.940. The monoisotopic (exact) mass is 239 g/mol. The summed E-state index contributed by atoms with van der Waals surface area (Å²) in [6.45, 7) is 5.85. The number of hydrogen-bond acceptors (Lipinski definition) is 4. The summed E-state index contributed by atoms with van der Waals surface area (Å²) in [5, 5.41) is 6.89. The van der Waals surface area contributed by atoms with Gasteiger partial charge in [-0.1, -0.05) is 6.92 Å². The van der Waals surface area contributed by atoms with E-state index in [2.05, 4.69) is 15.6 Å². The molecule has 88 valence electrons. The molecule has 0 spiro atoms. The number of piperidine rings is 1. The maximum atomic E-state index is 12.1. The van der Waals surface area contributed by atoms with Crippen LogP contribution in [0.2, 0.25) is 0 Å². The molecule has 1 amide bonds. The average molecular weight is 239 g/mol. The molecule has 0 radical (unpaired) electrons. The lowest BCUT2D eigenvalue weighted by Gasteiger charge is -2.32. The lowest BCUT2D eigenvalue weighted by atomic mass is 9.80. The highest BCUT2D eigenvalue weighted by Crippen LogP contribution is 2.30. The Morgan fingerprint density at radius 3 is 2.81 bits per heavy atom. The van der Waals surface area contributed by atoms with Crippen molar-refractivity contribution >= 4 is 22.4 Å². The Morgan fingerprint density at radius 2 is 2.25 bits per heavy atom. The fourth-order valence-corrected chi connectivity index (χ4v) is 2.53. The molecule has 4 nitrogen and oxygen atoms in total. The van der Waals surface area contributed by atoms with Gasteiger partial charge in [-0.15, -0.1) is 11.3 Å². The van der Waals surface area contributed by atoms with Gasteiger partial charge in [-0.2, -0.15) is 0 Å². The van der Waals surface area contributed by atoms with Crippen molar-refractivity contribution < 1.29 is 4.79 Å². The van der Waals surface area contributed by atoms with Crippen molar-refractivity contribution in [3.05, 3.63) is 11.1 Å². The normalized spacial score (nSPS) is 19.4. The molecular formula is C11H17N3OS. The molecule has 1 aromatic rings. The number of hydrogen-bond donors (Lipinski definition) is 2. The number of nitrogens with one attached hydrogen (secondary N) is 2. The molecule has 0 unspecified atom stereocenters. The zero-order chi connectivity index (χ0) is 11.6. The van der Waals surface area contributed by atoms with E-state index in [1.54, 1.807) is 6.20 Å². The molecule has 2 heterocycles. The van der Waals surface area contributed by atoms with Crippen LogP contribution in [0, 0.1) is 12.3 Å². The van der Waals surface area contributed by atoms with Crippen LogP contribution in [0.1, 0.15) is 24.6 Å². The van der Waals surface area contributed by atoms with Gasteiger partial charge in [0.05, 0.1) is 0 Å². The number of aromatic nitrogens is 1. The predicted octanol–water partition coefficient (Wildman–Crippen LogP) is 1.78. The molecule has 2 N–H and O–H groups in total. The molecule has 1 fully saturated rings. The number of anilines is 1. The van der Waals surface area contributed by atoms with Crippen molar-refractivity contribution in [3.63, 3.8) is 0 Å². The van der Waals surface area contributed by atoms with E-state index < -0.39 is 0 Å². The molecule has 0 saturated carbocycles. The Bertz CT molecular complexity index is 382. The Kier molecular flexibility index (Phi) is 3.25. The number of amides is 1. The molecule has 1 saturated heterocycles. The third-order valence-corrected chi connectivity index (χ3v) is 3.93. The number of aryl methyl sites for hydroxylation is 1. The minimum absolute atomic E-state index is 0.100. The first-order chi connectivity index (χ1) is 7.60. The van der Waals surface area contributed by atoms with Crippen molar-refractivity contribution in [1.29, 1.82) is 0 Å². The summed E-state index contributed by atoms with van der Waals surface area (Å²) in [5.74, 6) is 0.100. The fourth-order valence-electron chi connectivity index (χ4n) is 1.87. The zero-order valence-electron chi connectivity index (χ0n) is 9.67. The minimum atomic E-state index is -0.245. The maximum Gasteiger partial charge on any atom is 0.232 e. The van der Waals surface area contributed by atoms with Gasteiger partial charge in [0, 0.05) is 16.5 Å². The van der Waals surface area contributed by atoms with Crippen LogP contribution < -0.4 is 10.6 Å². The van der Waals surface area contributed by atoms with Crippen LogP contribution in [0.15, 0.2) is 6.20 Å². The number of thiazole rings is 1. The SMILES string of the molecule is Cc1cnc(NC(=O)C2(C)CCNCC2)s1. The number of carbonyl (C=O) groups excluding carboxylic acids is 1. The van der Waals surface area contributed by atoms with E-state index in [1.807, 2.05) is 13.8 Å². The summed E-state index contributed by atoms with van der Waals surface area (Å²) in [6.07, 6.45) is 3.57. The molecule has 1 aliphatic rings. The first kappa shape index (κ1) is 11.5. The van der Waals surface area contributed by atoms with E-state index in [9.17, 15) is 4.79 Å². The van der Waals surface area contributed by atoms with Crippen molar-refractivity contribution in [2.75, 3.05) is 18.4 Å². The van der Waals surface area contributed by atoms with Gasteiger partial charge in [0.15, 0.2) is 5.13 Å². The van der Waals surface area contributed by atoms with Gasteiger partial charge in [0.2, 0.25) is 5.91 Å². The Balaban J connectivity index is 2.01. The van der Waals surface area contributed by atoms with E-state index in [4.69, 9.17) is 0 Å². The third-order valence-electron chi connectivity index (χ3n) is 3.10. The molecule has 0 aromatic carbocycles. The average Bonchev–Trinajstić information content (AvgIpc) is 2.65. The standard InChI is InChI=1S/C11H17N3OS/c1-8-7-13-10(16-8)14-9(15)11(2)3-5-12-6-4-11/h7,12H,3-6H2,1-2H3,(H,13,14,15). The van der Waals surface area contributed by atoms with Crippen molar-refractivity contribution in [2.24, 2.45) is 5.41 Å². The van der Waals surface area contributed by atoms with Crippen molar-refractivity contribution in [3.8, 4) is 0 Å². The number of carbonyl (C=O) groups is 1. The molecule has 1 aromatic heterocycles. The predicted molar refractivity (Wildman–Crippen MR) is 65.7 cm³/mol. The van der Waals surface area contributed by atoms with Crippen molar-refractivity contribution in [1.82, 2.24) is 10.3 Å². The molecule has 0 aliphatic carbocycles. The van der Waals surface area contributed by atoms with Crippen molar-refractivity contribution in [2.45, 2.75) is 26.7 Å². The first-order valence-corrected chi connectivity index (χ1v) is 6.36. The van der Waals surface area contributed by atoms with E-state index in [-0.39, 0.29) is 11.3 Å². The first-order valence-electron chi connectivity index (χ1n) is 5.55. The van der Waals surface area contributed by atoms with E-state index >= 15 is 0 Å². The second-order valence-electron chi connectivity index (χ2n) is 4.54. The molecule has 0 bridgehead atoms. The second kappa shape index (κ2) is 4.51. The molecule has 0 atom stereocenters. The number of rotatable bonds is 2. The summed E-state index contributed by atoms with van der Waals surface area (Å²) in [6, 6.07) is 0. The lowest BCUT2D eigenvalue weighted by Crippen LogP contribution is -2.42. The lowest BCUT2D eigenvalue weighted by molar-refractivity contribution is -0.126. The van der Waals surface area contributed by atoms with Gasteiger partial charge in [-0.05, 0) is 32.9 Å². The molecule has 2 rings (SSSR count). The fraction of sp³-hybridized carbons (Fsp3) is 0.636. The smallest absolute Gasteiger partial charge is 0.232 e. The van der Waals surface area contributed by atoms with Crippen LogP contribution in [0.4, 0.5) is 5.13 Å². The van der Waals surface area contributed by atoms with Gasteiger partial charge in [-0.25, -0.2) is 4.98 Å². The zero-order valence-corrected chi connectivity index (χ0v) is 10.5. The molecule has 16 heavy (non-hydrogen) atoms. The summed E-state index contributed by atoms with van der Waals surface area (Å²) < 4.78 is 0. The topological polar surface area (TPSA) is 54.0 Å². The van der Waals surface area contributed by atoms with Gasteiger partial charge in [0.25, 0.3) is 0 Å². The van der Waals surface area contributed by atoms with Crippen LogP contribution in [0.25, 0.3) is 0 Å². The number of nitrogens with zero attached hydrogens (tertiary/aromatic N) is 1. The third kappa shape index (κ3) is 2.41. The van der Waals surface area contributed by atoms with E-state index in [0.29, 0.717) is 5.13 Å². The summed E-state index contributed by atoms with van der Waals surface area (Å²) in [5.41, 5.74) is -0.245. The minimum Gasteiger partial charge on any atom is -0.317 e. The van der Waals surface area contributed by atoms with Gasteiger partial charge < -0.3 is 10.6 Å². The largest absolute Gasteiger partial charge is 0.317 e. The Morgan fingerprint density at radius 1 is 1.56 bits per heavy atom. The quantitative estimate of drug-likeness (QED) is 0.827. The van der Waals surface area contributed by atoms with Gasteiger partial charge >= 0.3 is 0 Å². The maximum absolute atomic E-state index is 12.1. The molecular weight excluding hydrogens is 222 g/mol. The van der Waals surface area contributed by atoms with Crippen LogP contribution in [-0.2, 0) is 4.79 Å². The molecule has 5 heteroatoms. The highest BCUT2D eigenvalue weighted by Gasteiger charge is 2.34. The summed E-state index contributed by atoms with van der Waals surface area (Å²) >= 11 is 1.52. The Labute approximate surface area is 99.5 Å².